The van der Waals surface area contributed by atoms with Crippen LogP contribution in [-0.4, -0.2) is 22.3 Å². The number of hydrogen-bond donors (Lipinski definition) is 0. The second kappa shape index (κ2) is 10.1. The fraction of sp³-hybridized carbons (Fsp3) is 0.714. The lowest BCUT2D eigenvalue weighted by Gasteiger charge is -2.28. The predicted molar refractivity (Wildman–Crippen MR) is 79.3 cm³/mol. The molecule has 0 fully saturated rings. The van der Waals surface area contributed by atoms with Crippen LogP contribution in [0.15, 0.2) is 24.7 Å². The van der Waals surface area contributed by atoms with Crippen molar-refractivity contribution in [2.45, 2.75) is 53.4 Å². The van der Waals surface area contributed by atoms with E-state index in [2.05, 4.69) is 27.0 Å². The normalized spacial score (nSPS) is 11.2. The van der Waals surface area contributed by atoms with E-state index in [1.165, 1.54) is 0 Å². The third-order valence-electron chi connectivity index (χ3n) is 2.15. The molecule has 0 saturated heterocycles. The molecule has 0 atom stereocenters. The Balaban J connectivity index is 4.73. The van der Waals surface area contributed by atoms with Crippen molar-refractivity contribution in [1.82, 2.24) is 0 Å². The Bertz CT molecular complexity index is 251. The van der Waals surface area contributed by atoms with E-state index < -0.39 is 9.05 Å². The molecule has 0 aromatic carbocycles. The molecule has 0 saturated carbocycles. The van der Waals surface area contributed by atoms with Crippen molar-refractivity contribution >= 4 is 9.05 Å². The minimum Gasteiger partial charge on any atom is -0.476 e. The van der Waals surface area contributed by atoms with Crippen LogP contribution in [-0.2, 0) is 17.7 Å². The molecule has 5 heteroatoms. The molecule has 0 rings (SSSR count). The molecular formula is C14H28O4Si. The number of rotatable bonds is 12. The van der Waals surface area contributed by atoms with E-state index in [0.717, 1.165) is 25.7 Å². The lowest BCUT2D eigenvalue weighted by Crippen LogP contribution is -2.48. The van der Waals surface area contributed by atoms with Gasteiger partial charge in [0.15, 0.2) is 0 Å². The summed E-state index contributed by atoms with van der Waals surface area (Å²) >= 11 is 0. The van der Waals surface area contributed by atoms with E-state index in [4.69, 9.17) is 17.7 Å². The smallest absolute Gasteiger partial charge is 0.476 e. The quantitative estimate of drug-likeness (QED) is 0.307. The summed E-state index contributed by atoms with van der Waals surface area (Å²) in [6, 6.07) is 0. The van der Waals surface area contributed by atoms with Gasteiger partial charge in [0, 0.05) is 13.2 Å². The zero-order chi connectivity index (χ0) is 14.7. The summed E-state index contributed by atoms with van der Waals surface area (Å²) in [6.45, 7) is 16.3. The second-order valence-electron chi connectivity index (χ2n) is 4.51. The molecule has 0 aliphatic rings. The monoisotopic (exact) mass is 288 g/mol. The molecule has 0 spiro atoms. The van der Waals surface area contributed by atoms with Crippen LogP contribution < -0.4 is 0 Å². The molecule has 112 valence electrons. The lowest BCUT2D eigenvalue weighted by molar-refractivity contribution is -0.000905. The van der Waals surface area contributed by atoms with Crippen LogP contribution in [0.1, 0.15) is 53.4 Å². The molecule has 0 bridgehead atoms. The van der Waals surface area contributed by atoms with Crippen molar-refractivity contribution in [3.63, 3.8) is 0 Å². The van der Waals surface area contributed by atoms with Crippen LogP contribution in [0.25, 0.3) is 0 Å². The SMILES string of the molecule is C=C(C)O[Si](OCCCC)(OCCCC)OC(=C)C. The maximum absolute atomic E-state index is 5.79. The average Bonchev–Trinajstić information content (AvgIpc) is 2.27. The highest BCUT2D eigenvalue weighted by Gasteiger charge is 2.51. The Kier molecular flexibility index (Phi) is 9.64. The topological polar surface area (TPSA) is 36.9 Å². The third kappa shape index (κ3) is 8.86. The molecular weight excluding hydrogens is 260 g/mol. The molecule has 0 aromatic rings. The summed E-state index contributed by atoms with van der Waals surface area (Å²) in [5, 5.41) is 0. The van der Waals surface area contributed by atoms with Crippen LogP contribution in [0.2, 0.25) is 0 Å². The zero-order valence-corrected chi connectivity index (χ0v) is 13.8. The van der Waals surface area contributed by atoms with Crippen LogP contribution in [0.3, 0.4) is 0 Å². The Morgan fingerprint density at radius 1 is 0.842 bits per heavy atom. The molecule has 0 aliphatic carbocycles. The summed E-state index contributed by atoms with van der Waals surface area (Å²) in [6.07, 6.45) is 3.95. The highest BCUT2D eigenvalue weighted by Crippen LogP contribution is 2.19. The molecule has 19 heavy (non-hydrogen) atoms. The summed E-state index contributed by atoms with van der Waals surface area (Å²) in [7, 11) is -3.20. The first-order valence-corrected chi connectivity index (χ1v) is 8.56. The van der Waals surface area contributed by atoms with Gasteiger partial charge in [-0.1, -0.05) is 39.8 Å². The van der Waals surface area contributed by atoms with Gasteiger partial charge in [0.1, 0.15) is 0 Å². The van der Waals surface area contributed by atoms with Crippen molar-refractivity contribution < 1.29 is 17.7 Å². The fourth-order valence-corrected chi connectivity index (χ4v) is 3.29. The van der Waals surface area contributed by atoms with Gasteiger partial charge in [0.2, 0.25) is 0 Å². The Hall–Kier alpha value is -0.783. The van der Waals surface area contributed by atoms with Gasteiger partial charge in [-0.05, 0) is 26.7 Å². The van der Waals surface area contributed by atoms with Gasteiger partial charge in [-0.25, -0.2) is 0 Å². The molecule has 0 radical (unpaired) electrons. The van der Waals surface area contributed by atoms with E-state index in [-0.39, 0.29) is 0 Å². The molecule has 0 amide bonds. The first-order chi connectivity index (χ1) is 8.95. The standard InChI is InChI=1S/C14H28O4Si/c1-7-9-11-15-19(17-13(3)4,18-14(5)6)16-12-10-8-2/h3,5,7-12H2,1-2,4,6H3. The van der Waals surface area contributed by atoms with Crippen LogP contribution in [0.4, 0.5) is 0 Å². The molecule has 0 heterocycles. The van der Waals surface area contributed by atoms with E-state index in [9.17, 15) is 0 Å². The first-order valence-electron chi connectivity index (χ1n) is 6.92. The van der Waals surface area contributed by atoms with Crippen molar-refractivity contribution in [1.29, 1.82) is 0 Å². The molecule has 0 aromatic heterocycles. The lowest BCUT2D eigenvalue weighted by atomic mass is 10.4. The van der Waals surface area contributed by atoms with E-state index in [0.29, 0.717) is 24.7 Å². The van der Waals surface area contributed by atoms with Gasteiger partial charge in [-0.15, -0.1) is 0 Å². The zero-order valence-electron chi connectivity index (χ0n) is 12.8. The average molecular weight is 288 g/mol. The maximum Gasteiger partial charge on any atom is 0.820 e. The Labute approximate surface area is 118 Å². The number of unbranched alkanes of at least 4 members (excludes halogenated alkanes) is 2. The van der Waals surface area contributed by atoms with Gasteiger partial charge >= 0.3 is 9.05 Å². The summed E-state index contributed by atoms with van der Waals surface area (Å²) in [4.78, 5) is 0. The second-order valence-corrected chi connectivity index (χ2v) is 6.50. The van der Waals surface area contributed by atoms with Crippen molar-refractivity contribution in [2.75, 3.05) is 13.2 Å². The van der Waals surface area contributed by atoms with E-state index in [1.54, 1.807) is 13.8 Å². The molecule has 0 unspecified atom stereocenters. The predicted octanol–water partition coefficient (Wildman–Crippen LogP) is 4.16. The third-order valence-corrected chi connectivity index (χ3v) is 4.46. The van der Waals surface area contributed by atoms with Crippen LogP contribution in [0.5, 0.6) is 0 Å². The van der Waals surface area contributed by atoms with Gasteiger partial charge in [0.05, 0.1) is 11.5 Å². The van der Waals surface area contributed by atoms with Gasteiger partial charge in [-0.2, -0.15) is 0 Å². The molecule has 0 aliphatic heterocycles. The molecule has 4 nitrogen and oxygen atoms in total. The van der Waals surface area contributed by atoms with E-state index in [1.807, 2.05) is 0 Å². The number of allylic oxidation sites excluding steroid dienone is 2. The minimum atomic E-state index is -3.20. The summed E-state index contributed by atoms with van der Waals surface area (Å²) < 4.78 is 22.9. The van der Waals surface area contributed by atoms with Crippen molar-refractivity contribution in [3.05, 3.63) is 24.7 Å². The van der Waals surface area contributed by atoms with Crippen molar-refractivity contribution in [3.8, 4) is 0 Å². The van der Waals surface area contributed by atoms with Crippen LogP contribution in [0, 0.1) is 0 Å². The highest BCUT2D eigenvalue weighted by molar-refractivity contribution is 6.54. The van der Waals surface area contributed by atoms with Crippen LogP contribution >= 0.6 is 0 Å². The fourth-order valence-electron chi connectivity index (χ4n) is 1.29. The first kappa shape index (κ1) is 18.2. The van der Waals surface area contributed by atoms with Gasteiger partial charge in [0.25, 0.3) is 0 Å². The van der Waals surface area contributed by atoms with Crippen molar-refractivity contribution in [2.24, 2.45) is 0 Å². The summed E-state index contributed by atoms with van der Waals surface area (Å²) in [5.41, 5.74) is 0. The summed E-state index contributed by atoms with van der Waals surface area (Å²) in [5.74, 6) is 1.06. The highest BCUT2D eigenvalue weighted by atomic mass is 28.4. The Morgan fingerprint density at radius 2 is 1.21 bits per heavy atom. The largest absolute Gasteiger partial charge is 0.820 e. The minimum absolute atomic E-state index is 0.529. The molecule has 0 N–H and O–H groups in total. The van der Waals surface area contributed by atoms with Gasteiger partial charge < -0.3 is 17.7 Å². The Morgan fingerprint density at radius 3 is 1.47 bits per heavy atom. The van der Waals surface area contributed by atoms with E-state index >= 15 is 0 Å². The number of hydrogen-bond acceptors (Lipinski definition) is 4. The maximum atomic E-state index is 5.79. The van der Waals surface area contributed by atoms with Gasteiger partial charge in [-0.3, -0.25) is 0 Å².